The number of thiophene rings is 1. The van der Waals surface area contributed by atoms with Crippen LogP contribution in [0.25, 0.3) is 86.8 Å². The van der Waals surface area contributed by atoms with Gasteiger partial charge in [-0.25, -0.2) is 9.97 Å². The van der Waals surface area contributed by atoms with Gasteiger partial charge in [0.2, 0.25) is 0 Å². The molecule has 1 aliphatic carbocycles. The van der Waals surface area contributed by atoms with E-state index in [0.29, 0.717) is 0 Å². The predicted octanol–water partition coefficient (Wildman–Crippen LogP) is 11.5. The van der Waals surface area contributed by atoms with Gasteiger partial charge >= 0.3 is 0 Å². The number of para-hydroxylation sites is 1. The Bertz CT molecular complexity index is 2680. The molecule has 212 valence electrons. The summed E-state index contributed by atoms with van der Waals surface area (Å²) in [5.41, 5.74) is 10.9. The van der Waals surface area contributed by atoms with Gasteiger partial charge in [-0.05, 0) is 47.0 Å². The quantitative estimate of drug-likeness (QED) is 0.200. The maximum absolute atomic E-state index is 6.28. The minimum Gasteiger partial charge on any atom is -0.456 e. The molecule has 45 heavy (non-hydrogen) atoms. The van der Waals surface area contributed by atoms with Crippen molar-refractivity contribution in [2.24, 2.45) is 0 Å². The van der Waals surface area contributed by atoms with E-state index in [2.05, 4.69) is 117 Å². The summed E-state index contributed by atoms with van der Waals surface area (Å²) in [6.45, 7) is 4.69. The van der Waals surface area contributed by atoms with Crippen LogP contribution in [-0.2, 0) is 5.41 Å². The summed E-state index contributed by atoms with van der Waals surface area (Å²) in [7, 11) is 0. The lowest BCUT2D eigenvalue weighted by Crippen LogP contribution is -2.14. The molecular weight excluding hydrogens is 569 g/mol. The summed E-state index contributed by atoms with van der Waals surface area (Å²) >= 11 is 1.90. The molecule has 4 heteroatoms. The third-order valence-electron chi connectivity index (χ3n) is 9.69. The minimum atomic E-state index is -0.102. The van der Waals surface area contributed by atoms with Crippen molar-refractivity contribution in [3.8, 4) is 33.8 Å². The molecule has 0 radical (unpaired) electrons. The van der Waals surface area contributed by atoms with Crippen molar-refractivity contribution >= 4 is 64.4 Å². The van der Waals surface area contributed by atoms with Gasteiger partial charge in [-0.2, -0.15) is 0 Å². The Labute approximate surface area is 263 Å². The Hall–Kier alpha value is -5.32. The fourth-order valence-corrected chi connectivity index (χ4v) is 8.77. The summed E-state index contributed by atoms with van der Waals surface area (Å²) in [5.74, 6) is 0.719. The molecule has 0 spiro atoms. The molecule has 10 rings (SSSR count). The summed E-state index contributed by atoms with van der Waals surface area (Å²) in [6.07, 6.45) is 0. The monoisotopic (exact) mass is 594 g/mol. The zero-order chi connectivity index (χ0) is 29.9. The van der Waals surface area contributed by atoms with Crippen molar-refractivity contribution in [1.29, 1.82) is 0 Å². The molecule has 0 N–H and O–H groups in total. The van der Waals surface area contributed by atoms with Crippen molar-refractivity contribution in [2.75, 3.05) is 0 Å². The van der Waals surface area contributed by atoms with Crippen LogP contribution in [-0.4, -0.2) is 9.97 Å². The number of nitrogens with zero attached hydrogens (tertiary/aromatic N) is 2. The lowest BCUT2D eigenvalue weighted by atomic mass is 9.82. The van der Waals surface area contributed by atoms with Gasteiger partial charge in [0.1, 0.15) is 11.2 Å². The normalized spacial score (nSPS) is 13.7. The Morgan fingerprint density at radius 3 is 2.24 bits per heavy atom. The number of fused-ring (bicyclic) bond motifs is 12. The molecule has 1 aliphatic rings. The van der Waals surface area contributed by atoms with Crippen LogP contribution in [0.2, 0.25) is 0 Å². The van der Waals surface area contributed by atoms with Crippen LogP contribution in [0.1, 0.15) is 25.0 Å². The fourth-order valence-electron chi connectivity index (χ4n) is 7.51. The highest BCUT2D eigenvalue weighted by Crippen LogP contribution is 2.54. The fraction of sp³-hybridized carbons (Fsp3) is 0.0732. The molecule has 0 saturated heterocycles. The molecule has 0 amide bonds. The smallest absolute Gasteiger partial charge is 0.160 e. The molecule has 9 aromatic rings. The Kier molecular flexibility index (Phi) is 4.94. The van der Waals surface area contributed by atoms with Crippen LogP contribution in [0.5, 0.6) is 0 Å². The van der Waals surface area contributed by atoms with Gasteiger partial charge in [0.25, 0.3) is 0 Å². The zero-order valence-electron chi connectivity index (χ0n) is 24.8. The van der Waals surface area contributed by atoms with E-state index >= 15 is 0 Å². The topological polar surface area (TPSA) is 38.9 Å². The molecule has 3 heterocycles. The highest BCUT2D eigenvalue weighted by molar-refractivity contribution is 7.26. The number of rotatable bonds is 2. The predicted molar refractivity (Wildman–Crippen MR) is 188 cm³/mol. The lowest BCUT2D eigenvalue weighted by molar-refractivity contribution is 0.661. The van der Waals surface area contributed by atoms with Crippen molar-refractivity contribution in [3.63, 3.8) is 0 Å². The Morgan fingerprint density at radius 2 is 1.36 bits per heavy atom. The summed E-state index contributed by atoms with van der Waals surface area (Å²) in [5, 5.41) is 5.76. The second-order valence-corrected chi connectivity index (χ2v) is 13.6. The van der Waals surface area contributed by atoms with Crippen LogP contribution in [0.15, 0.2) is 126 Å². The minimum absolute atomic E-state index is 0.102. The largest absolute Gasteiger partial charge is 0.456 e. The molecule has 0 bridgehead atoms. The Morgan fingerprint density at radius 1 is 0.600 bits per heavy atom. The van der Waals surface area contributed by atoms with Gasteiger partial charge in [0, 0.05) is 53.1 Å². The molecule has 0 atom stereocenters. The highest BCUT2D eigenvalue weighted by Gasteiger charge is 2.37. The SMILES string of the molecule is CC1(C)c2ccc(-c3nc(-c4ccccc4)c4ccc5oc6ccccc6c5c4n3)cc2-c2c1ccc1c2sc2ccccc21. The first-order valence-corrected chi connectivity index (χ1v) is 16.2. The van der Waals surface area contributed by atoms with Crippen LogP contribution in [0.4, 0.5) is 0 Å². The summed E-state index contributed by atoms with van der Waals surface area (Å²) in [6, 6.07) is 43.1. The van der Waals surface area contributed by atoms with E-state index in [9.17, 15) is 0 Å². The third-order valence-corrected chi connectivity index (χ3v) is 10.9. The van der Waals surface area contributed by atoms with Crippen LogP contribution >= 0.6 is 11.3 Å². The van der Waals surface area contributed by atoms with Crippen LogP contribution < -0.4 is 0 Å². The van der Waals surface area contributed by atoms with Gasteiger partial charge in [-0.3, -0.25) is 0 Å². The molecule has 0 unspecified atom stereocenters. The van der Waals surface area contributed by atoms with E-state index in [4.69, 9.17) is 14.4 Å². The maximum Gasteiger partial charge on any atom is 0.160 e. The number of hydrogen-bond acceptors (Lipinski definition) is 4. The second-order valence-electron chi connectivity index (χ2n) is 12.5. The number of hydrogen-bond donors (Lipinski definition) is 0. The zero-order valence-corrected chi connectivity index (χ0v) is 25.6. The summed E-state index contributed by atoms with van der Waals surface area (Å²) < 4.78 is 8.96. The third kappa shape index (κ3) is 3.40. The van der Waals surface area contributed by atoms with Crippen molar-refractivity contribution in [1.82, 2.24) is 9.97 Å². The van der Waals surface area contributed by atoms with Crippen molar-refractivity contribution in [2.45, 2.75) is 19.3 Å². The van der Waals surface area contributed by atoms with Gasteiger partial charge in [0.05, 0.1) is 16.6 Å². The molecule has 3 nitrogen and oxygen atoms in total. The average molecular weight is 595 g/mol. The first kappa shape index (κ1) is 25.1. The van der Waals surface area contributed by atoms with E-state index in [1.54, 1.807) is 0 Å². The molecule has 0 fully saturated rings. The average Bonchev–Trinajstić information content (AvgIpc) is 3.72. The van der Waals surface area contributed by atoms with E-state index < -0.39 is 0 Å². The molecule has 0 saturated carbocycles. The second kappa shape index (κ2) is 8.87. The van der Waals surface area contributed by atoms with Crippen molar-refractivity contribution in [3.05, 3.63) is 132 Å². The van der Waals surface area contributed by atoms with Gasteiger partial charge in [0.15, 0.2) is 5.82 Å². The standard InChI is InChI=1S/C41H26N2OS/c1-41(2)30-19-16-24(22-29(30)35-31(41)20-17-26-25-12-7-9-15-34(25)45-39(26)35)40-42-37(23-10-4-3-5-11-23)28-18-21-33-36(38(28)43-40)27-13-6-8-14-32(27)44-33/h3-22H,1-2H3. The lowest BCUT2D eigenvalue weighted by Gasteiger charge is -2.21. The van der Waals surface area contributed by atoms with Gasteiger partial charge < -0.3 is 4.42 Å². The van der Waals surface area contributed by atoms with Crippen molar-refractivity contribution < 1.29 is 4.42 Å². The number of aromatic nitrogens is 2. The maximum atomic E-state index is 6.28. The van der Waals surface area contributed by atoms with E-state index in [-0.39, 0.29) is 5.41 Å². The first-order chi connectivity index (χ1) is 22.1. The molecule has 0 aliphatic heterocycles. The van der Waals surface area contributed by atoms with Crippen LogP contribution in [0, 0.1) is 0 Å². The van der Waals surface area contributed by atoms with Gasteiger partial charge in [-0.1, -0.05) is 105 Å². The highest BCUT2D eigenvalue weighted by atomic mass is 32.1. The Balaban J connectivity index is 1.28. The summed E-state index contributed by atoms with van der Waals surface area (Å²) in [4.78, 5) is 10.6. The van der Waals surface area contributed by atoms with E-state index in [1.807, 2.05) is 29.5 Å². The van der Waals surface area contributed by atoms with E-state index in [0.717, 1.165) is 55.5 Å². The van der Waals surface area contributed by atoms with E-state index in [1.165, 1.54) is 42.4 Å². The molecular formula is C41H26N2OS. The van der Waals surface area contributed by atoms with Crippen LogP contribution in [0.3, 0.4) is 0 Å². The van der Waals surface area contributed by atoms with Gasteiger partial charge in [-0.15, -0.1) is 11.3 Å². The molecule has 3 aromatic heterocycles. The molecule has 6 aromatic carbocycles. The first-order valence-electron chi connectivity index (χ1n) is 15.3. The number of benzene rings is 6. The number of furan rings is 1.